The van der Waals surface area contributed by atoms with E-state index < -0.39 is 12.6 Å². The zero-order chi connectivity index (χ0) is 20.0. The number of aliphatic hydroxyl groups excluding tert-OH is 1. The van der Waals surface area contributed by atoms with Crippen LogP contribution in [0.2, 0.25) is 0 Å². The number of Topliss-reactive ketones (excluding diaryl/α,β-unsaturated/α-hetero) is 2. The fourth-order valence-electron chi connectivity index (χ4n) is 3.60. The van der Waals surface area contributed by atoms with E-state index in [1.54, 1.807) is 13.8 Å². The SMILES string of the molecule is CC1=C(CO)C(=O)C(C)=C([C@@H](CCCCCC(=O)O)c2ccccc2)C1=O. The molecule has 1 aliphatic carbocycles. The maximum Gasteiger partial charge on any atom is 0.303 e. The average molecular weight is 370 g/mol. The second-order valence-corrected chi connectivity index (χ2v) is 6.91. The Kier molecular flexibility index (Phi) is 7.25. The van der Waals surface area contributed by atoms with Crippen molar-refractivity contribution in [2.45, 2.75) is 51.9 Å². The van der Waals surface area contributed by atoms with E-state index in [-0.39, 0.29) is 29.5 Å². The normalized spacial score (nSPS) is 16.1. The Bertz CT molecular complexity index is 786. The maximum absolute atomic E-state index is 13.0. The molecule has 1 aromatic carbocycles. The molecule has 0 aliphatic heterocycles. The molecule has 5 heteroatoms. The molecule has 5 nitrogen and oxygen atoms in total. The van der Waals surface area contributed by atoms with Crippen LogP contribution >= 0.6 is 0 Å². The average Bonchev–Trinajstić information content (AvgIpc) is 2.66. The molecular formula is C22H26O5. The molecule has 0 aromatic heterocycles. The van der Waals surface area contributed by atoms with E-state index in [0.29, 0.717) is 29.6 Å². The highest BCUT2D eigenvalue weighted by Gasteiger charge is 2.34. The molecule has 1 aliphatic rings. The van der Waals surface area contributed by atoms with Crippen LogP contribution in [-0.2, 0) is 14.4 Å². The van der Waals surface area contributed by atoms with Gasteiger partial charge < -0.3 is 10.2 Å². The number of ketones is 2. The van der Waals surface area contributed by atoms with Crippen LogP contribution in [0.5, 0.6) is 0 Å². The van der Waals surface area contributed by atoms with Crippen molar-refractivity contribution in [3.05, 3.63) is 58.2 Å². The van der Waals surface area contributed by atoms with Crippen molar-refractivity contribution in [3.8, 4) is 0 Å². The van der Waals surface area contributed by atoms with Gasteiger partial charge in [-0.15, -0.1) is 0 Å². The maximum atomic E-state index is 13.0. The van der Waals surface area contributed by atoms with Crippen LogP contribution in [0.1, 0.15) is 57.4 Å². The molecule has 0 unspecified atom stereocenters. The molecule has 27 heavy (non-hydrogen) atoms. The molecule has 1 atom stereocenters. The lowest BCUT2D eigenvalue weighted by Crippen LogP contribution is -2.27. The van der Waals surface area contributed by atoms with Crippen LogP contribution in [0.3, 0.4) is 0 Å². The molecule has 0 saturated carbocycles. The Labute approximate surface area is 159 Å². The molecule has 0 heterocycles. The summed E-state index contributed by atoms with van der Waals surface area (Å²) in [4.78, 5) is 36.3. The second kappa shape index (κ2) is 9.42. The number of benzene rings is 1. The van der Waals surface area contributed by atoms with Gasteiger partial charge in [0.25, 0.3) is 0 Å². The number of carbonyl (C=O) groups excluding carboxylic acids is 2. The Morgan fingerprint density at radius 1 is 0.963 bits per heavy atom. The fraction of sp³-hybridized carbons (Fsp3) is 0.409. The third kappa shape index (κ3) is 4.80. The predicted octanol–water partition coefficient (Wildman–Crippen LogP) is 3.58. The lowest BCUT2D eigenvalue weighted by Gasteiger charge is -2.26. The lowest BCUT2D eigenvalue weighted by atomic mass is 9.75. The van der Waals surface area contributed by atoms with Gasteiger partial charge in [-0.25, -0.2) is 0 Å². The van der Waals surface area contributed by atoms with Gasteiger partial charge in [0.05, 0.1) is 6.61 Å². The van der Waals surface area contributed by atoms with E-state index in [1.165, 1.54) is 0 Å². The number of carboxylic acids is 1. The Balaban J connectivity index is 2.30. The number of allylic oxidation sites excluding steroid dienone is 3. The van der Waals surface area contributed by atoms with Gasteiger partial charge in [-0.05, 0) is 32.3 Å². The summed E-state index contributed by atoms with van der Waals surface area (Å²) in [6, 6.07) is 9.60. The molecule has 0 fully saturated rings. The molecule has 144 valence electrons. The van der Waals surface area contributed by atoms with Crippen LogP contribution in [0.4, 0.5) is 0 Å². The third-order valence-corrected chi connectivity index (χ3v) is 5.15. The quantitative estimate of drug-likeness (QED) is 0.512. The Morgan fingerprint density at radius 3 is 2.22 bits per heavy atom. The summed E-state index contributed by atoms with van der Waals surface area (Å²) in [5, 5.41) is 18.2. The predicted molar refractivity (Wildman–Crippen MR) is 102 cm³/mol. The number of carboxylic acid groups (broad SMARTS) is 1. The standard InChI is InChI=1S/C22H26O5/c1-14-18(13-23)21(26)15(2)20(22(14)27)17(16-9-5-3-6-10-16)11-7-4-8-12-19(24)25/h3,5-6,9-10,17,23H,4,7-8,11-13H2,1-2H3,(H,24,25)/t17-/m0/s1. The highest BCUT2D eigenvalue weighted by Crippen LogP contribution is 2.37. The van der Waals surface area contributed by atoms with Crippen LogP contribution in [-0.4, -0.2) is 34.4 Å². The van der Waals surface area contributed by atoms with Crippen molar-refractivity contribution >= 4 is 17.5 Å². The molecule has 2 rings (SSSR count). The topological polar surface area (TPSA) is 91.7 Å². The number of aliphatic hydroxyl groups is 1. The van der Waals surface area contributed by atoms with Gasteiger partial charge >= 0.3 is 5.97 Å². The molecule has 1 aromatic rings. The van der Waals surface area contributed by atoms with Crippen LogP contribution in [0.25, 0.3) is 0 Å². The summed E-state index contributed by atoms with van der Waals surface area (Å²) >= 11 is 0. The summed E-state index contributed by atoms with van der Waals surface area (Å²) in [7, 11) is 0. The molecule has 0 saturated heterocycles. The molecule has 0 bridgehead atoms. The minimum atomic E-state index is -0.807. The summed E-state index contributed by atoms with van der Waals surface area (Å²) in [6.45, 7) is 2.80. The first-order valence-electron chi connectivity index (χ1n) is 9.26. The van der Waals surface area contributed by atoms with E-state index in [0.717, 1.165) is 18.4 Å². The molecule has 2 N–H and O–H groups in total. The molecule has 0 spiro atoms. The van der Waals surface area contributed by atoms with Crippen molar-refractivity contribution in [2.24, 2.45) is 0 Å². The monoisotopic (exact) mass is 370 g/mol. The number of carbonyl (C=O) groups is 3. The minimum absolute atomic E-state index is 0.136. The van der Waals surface area contributed by atoms with Crippen molar-refractivity contribution < 1.29 is 24.6 Å². The largest absolute Gasteiger partial charge is 0.481 e. The van der Waals surface area contributed by atoms with Crippen LogP contribution in [0.15, 0.2) is 52.6 Å². The van der Waals surface area contributed by atoms with Gasteiger partial charge in [0.15, 0.2) is 11.6 Å². The highest BCUT2D eigenvalue weighted by atomic mass is 16.4. The highest BCUT2D eigenvalue weighted by molar-refractivity contribution is 6.25. The first kappa shape index (κ1) is 20.8. The summed E-state index contributed by atoms with van der Waals surface area (Å²) in [6.07, 6.45) is 2.91. The third-order valence-electron chi connectivity index (χ3n) is 5.15. The second-order valence-electron chi connectivity index (χ2n) is 6.91. The number of aliphatic carboxylic acids is 1. The van der Waals surface area contributed by atoms with E-state index >= 15 is 0 Å². The van der Waals surface area contributed by atoms with Gasteiger partial charge in [0.1, 0.15) is 0 Å². The van der Waals surface area contributed by atoms with E-state index in [1.807, 2.05) is 30.3 Å². The van der Waals surface area contributed by atoms with Crippen molar-refractivity contribution in [1.29, 1.82) is 0 Å². The molecular weight excluding hydrogens is 344 g/mol. The fourth-order valence-corrected chi connectivity index (χ4v) is 3.60. The van der Waals surface area contributed by atoms with Gasteiger partial charge in [0, 0.05) is 34.6 Å². The number of unbranched alkanes of at least 4 members (excludes halogenated alkanes) is 2. The Morgan fingerprint density at radius 2 is 1.63 bits per heavy atom. The van der Waals surface area contributed by atoms with Gasteiger partial charge in [-0.1, -0.05) is 43.2 Å². The summed E-state index contributed by atoms with van der Waals surface area (Å²) in [5.41, 5.74) is 2.35. The van der Waals surface area contributed by atoms with Crippen molar-refractivity contribution in [2.75, 3.05) is 6.61 Å². The Hall–Kier alpha value is -2.53. The number of hydrogen-bond acceptors (Lipinski definition) is 4. The zero-order valence-corrected chi connectivity index (χ0v) is 15.8. The zero-order valence-electron chi connectivity index (χ0n) is 15.8. The van der Waals surface area contributed by atoms with Crippen LogP contribution < -0.4 is 0 Å². The summed E-state index contributed by atoms with van der Waals surface area (Å²) in [5.74, 6) is -1.48. The molecule has 0 amide bonds. The molecule has 0 radical (unpaired) electrons. The summed E-state index contributed by atoms with van der Waals surface area (Å²) < 4.78 is 0. The van der Waals surface area contributed by atoms with E-state index in [9.17, 15) is 19.5 Å². The van der Waals surface area contributed by atoms with E-state index in [2.05, 4.69) is 0 Å². The van der Waals surface area contributed by atoms with Gasteiger partial charge in [0.2, 0.25) is 0 Å². The first-order chi connectivity index (χ1) is 12.9. The number of rotatable bonds is 9. The number of hydrogen-bond donors (Lipinski definition) is 2. The lowest BCUT2D eigenvalue weighted by molar-refractivity contribution is -0.137. The first-order valence-corrected chi connectivity index (χ1v) is 9.26. The van der Waals surface area contributed by atoms with E-state index in [4.69, 9.17) is 5.11 Å². The van der Waals surface area contributed by atoms with Gasteiger partial charge in [-0.3, -0.25) is 14.4 Å². The minimum Gasteiger partial charge on any atom is -0.481 e. The van der Waals surface area contributed by atoms with Crippen LogP contribution in [0, 0.1) is 0 Å². The van der Waals surface area contributed by atoms with Crippen molar-refractivity contribution in [1.82, 2.24) is 0 Å². The van der Waals surface area contributed by atoms with Crippen molar-refractivity contribution in [3.63, 3.8) is 0 Å². The smallest absolute Gasteiger partial charge is 0.303 e. The van der Waals surface area contributed by atoms with Gasteiger partial charge in [-0.2, -0.15) is 0 Å².